The third-order valence-electron chi connectivity index (χ3n) is 12.9. The van der Waals surface area contributed by atoms with Crippen molar-refractivity contribution in [3.8, 4) is 44.5 Å². The summed E-state index contributed by atoms with van der Waals surface area (Å²) in [6.45, 7) is 38.2. The molecule has 0 nitrogen and oxygen atoms in total. The van der Waals surface area contributed by atoms with Crippen LogP contribution in [0.15, 0.2) is 109 Å². The minimum absolute atomic E-state index is 0.279. The first-order chi connectivity index (χ1) is 29.5. The third kappa shape index (κ3) is 9.74. The van der Waals surface area contributed by atoms with Gasteiger partial charge in [-0.3, -0.25) is 0 Å². The molecule has 0 saturated carbocycles. The van der Waals surface area contributed by atoms with Gasteiger partial charge in [0.25, 0.3) is 0 Å². The summed E-state index contributed by atoms with van der Waals surface area (Å²) in [6.07, 6.45) is 0. The molecule has 0 atom stereocenters. The zero-order chi connectivity index (χ0) is 45.2. The Balaban J connectivity index is 1.86. The molecule has 0 amide bonds. The normalized spacial score (nSPS) is 12.3. The Morgan fingerprint density at radius 1 is 0.226 bits per heavy atom. The molecule has 0 N–H and O–H groups in total. The molecule has 6 aromatic rings. The fourth-order valence-corrected chi connectivity index (χ4v) is 19.4. The Morgan fingerprint density at radius 2 is 0.371 bits per heavy atom. The van der Waals surface area contributed by atoms with E-state index in [4.69, 9.17) is 0 Å². The summed E-state index contributed by atoms with van der Waals surface area (Å²) in [5.74, 6) is 3.30. The van der Waals surface area contributed by atoms with Crippen LogP contribution >= 0.6 is 0 Å². The van der Waals surface area contributed by atoms with Crippen molar-refractivity contribution in [2.45, 2.75) is 158 Å². The van der Waals surface area contributed by atoms with E-state index in [0.717, 1.165) is 0 Å². The van der Waals surface area contributed by atoms with E-state index in [-0.39, 0.29) is 26.3 Å². The third-order valence-corrected chi connectivity index (χ3v) is 21.4. The summed E-state index contributed by atoms with van der Waals surface area (Å²) in [4.78, 5) is 0. The van der Waals surface area contributed by atoms with Crippen LogP contribution in [0.5, 0.6) is 0 Å². The average molecular weight is 945 g/mol. The minimum atomic E-state index is -0.279. The van der Waals surface area contributed by atoms with E-state index in [2.05, 4.69) is 220 Å². The summed E-state index contributed by atoms with van der Waals surface area (Å²) in [5.41, 5.74) is 23.5. The quantitative estimate of drug-likeness (QED) is 0.0955. The van der Waals surface area contributed by atoms with Gasteiger partial charge in [0.1, 0.15) is 0 Å². The van der Waals surface area contributed by atoms with Crippen LogP contribution in [0.4, 0.5) is 0 Å². The van der Waals surface area contributed by atoms with E-state index in [1.54, 1.807) is 8.70 Å². The molecule has 0 aliphatic carbocycles. The molecule has 0 bridgehead atoms. The molecule has 0 aliphatic rings. The summed E-state index contributed by atoms with van der Waals surface area (Å²) >= 11 is -0.559. The topological polar surface area (TPSA) is 0 Å². The van der Waals surface area contributed by atoms with Crippen molar-refractivity contribution < 1.29 is 0 Å². The predicted octanol–water partition coefficient (Wildman–Crippen LogP) is 16.6. The van der Waals surface area contributed by atoms with Gasteiger partial charge in [-0.2, -0.15) is 0 Å². The summed E-state index contributed by atoms with van der Waals surface area (Å²) in [6, 6.07) is 43.3. The van der Waals surface area contributed by atoms with Crippen molar-refractivity contribution in [3.05, 3.63) is 154 Å². The Bertz CT molecular complexity index is 2090. The Morgan fingerprint density at radius 3 is 0.516 bits per heavy atom. The van der Waals surface area contributed by atoms with E-state index in [0.29, 0.717) is 47.3 Å². The molecule has 62 heavy (non-hydrogen) atoms. The number of hydrogen-bond donors (Lipinski definition) is 0. The first-order valence-corrected chi connectivity index (χ1v) is 30.7. The first-order valence-electron chi connectivity index (χ1n) is 23.7. The molecule has 6 rings (SSSR count). The summed E-state index contributed by atoms with van der Waals surface area (Å²) in [7, 11) is 0. The Kier molecular flexibility index (Phi) is 15.8. The van der Waals surface area contributed by atoms with Crippen LogP contribution in [-0.4, -0.2) is 26.3 Å². The van der Waals surface area contributed by atoms with Gasteiger partial charge in [-0.05, 0) is 0 Å². The van der Waals surface area contributed by atoms with Gasteiger partial charge in [-0.1, -0.05) is 0 Å². The second-order valence-electron chi connectivity index (χ2n) is 20.1. The summed E-state index contributed by atoms with van der Waals surface area (Å²) in [5, 5.41) is 0. The molecule has 324 valence electrons. The number of benzene rings is 6. The van der Waals surface area contributed by atoms with Crippen LogP contribution in [0.25, 0.3) is 44.5 Å². The van der Waals surface area contributed by atoms with Crippen LogP contribution in [0, 0.1) is 0 Å². The van der Waals surface area contributed by atoms with E-state index in [9.17, 15) is 0 Å². The molecule has 2 heteroatoms. The molecule has 0 radical (unpaired) electrons. The predicted molar refractivity (Wildman–Crippen MR) is 278 cm³/mol. The SMILES string of the molecule is CC(C)c1cccc(C(C)C)c1-c1cccc(-c2c(C(C)C)cccc2C(C)C)c1[As]=[As]c1c(-c2c(C(C)C)cccc2C(C)C)cccc1-c1c(C(C)C)cccc1C(C)C. The van der Waals surface area contributed by atoms with Crippen molar-refractivity contribution in [1.82, 2.24) is 0 Å². The van der Waals surface area contributed by atoms with E-state index in [1.807, 2.05) is 0 Å². The monoisotopic (exact) mass is 944 g/mol. The van der Waals surface area contributed by atoms with Crippen molar-refractivity contribution in [2.75, 3.05) is 0 Å². The molecule has 0 unspecified atom stereocenters. The van der Waals surface area contributed by atoms with Gasteiger partial charge in [0.2, 0.25) is 0 Å². The van der Waals surface area contributed by atoms with Gasteiger partial charge in [0.05, 0.1) is 0 Å². The van der Waals surface area contributed by atoms with Crippen LogP contribution in [0.1, 0.15) is 203 Å². The fraction of sp³-hybridized carbons (Fsp3) is 0.400. The molecule has 0 heterocycles. The molecule has 0 spiro atoms. The zero-order valence-corrected chi connectivity index (χ0v) is 44.7. The van der Waals surface area contributed by atoms with Crippen molar-refractivity contribution in [2.24, 2.45) is 0 Å². The Hall–Kier alpha value is -3.56. The van der Waals surface area contributed by atoms with Crippen LogP contribution < -0.4 is 8.70 Å². The molecule has 0 aliphatic heterocycles. The van der Waals surface area contributed by atoms with Crippen LogP contribution in [0.3, 0.4) is 0 Å². The average Bonchev–Trinajstić information content (AvgIpc) is 3.23. The van der Waals surface area contributed by atoms with Crippen molar-refractivity contribution in [3.63, 3.8) is 0 Å². The fourth-order valence-electron chi connectivity index (χ4n) is 9.66. The maximum absolute atomic E-state index is 2.50. The van der Waals surface area contributed by atoms with Crippen LogP contribution in [0.2, 0.25) is 0 Å². The molecule has 0 fully saturated rings. The van der Waals surface area contributed by atoms with Crippen molar-refractivity contribution >= 4 is 35.0 Å². The van der Waals surface area contributed by atoms with E-state index < -0.39 is 0 Å². The van der Waals surface area contributed by atoms with Gasteiger partial charge < -0.3 is 0 Å². The van der Waals surface area contributed by atoms with Crippen LogP contribution in [-0.2, 0) is 0 Å². The van der Waals surface area contributed by atoms with Gasteiger partial charge in [-0.15, -0.1) is 0 Å². The second-order valence-corrected chi connectivity index (χ2v) is 27.2. The summed E-state index contributed by atoms with van der Waals surface area (Å²) < 4.78 is 3.22. The van der Waals surface area contributed by atoms with E-state index in [1.165, 1.54) is 89.0 Å². The molecular weight excluding hydrogens is 871 g/mol. The van der Waals surface area contributed by atoms with E-state index >= 15 is 0 Å². The molecular formula is C60H74As2. The zero-order valence-electron chi connectivity index (χ0n) is 40.9. The Labute approximate surface area is 388 Å². The van der Waals surface area contributed by atoms with Gasteiger partial charge in [0, 0.05) is 0 Å². The second kappa shape index (κ2) is 20.5. The van der Waals surface area contributed by atoms with Crippen molar-refractivity contribution in [1.29, 1.82) is 0 Å². The molecule has 0 saturated heterocycles. The molecule has 0 aromatic heterocycles. The molecule has 6 aromatic carbocycles. The number of rotatable bonds is 14. The maximum atomic E-state index is 2.50. The van der Waals surface area contributed by atoms with Gasteiger partial charge in [0.15, 0.2) is 0 Å². The number of hydrogen-bond acceptors (Lipinski definition) is 0. The standard InChI is InChI=1S/C60H74As2/c1-35(2)43-23-17-24-44(36(3)4)55(43)51-31-21-32-52(56-45(37(5)6)25-18-26-46(56)38(7)8)59(51)61-62-60-53(57-47(39(9)10)27-19-28-48(57)40(11)12)33-22-34-54(60)58-49(41(13)14)29-20-30-50(58)42(15)16/h17-42H,1-16H3. The van der Waals surface area contributed by atoms with Gasteiger partial charge in [-0.25, -0.2) is 0 Å². The first kappa shape index (κ1) is 47.9. The van der Waals surface area contributed by atoms with Gasteiger partial charge >= 0.3 is 391 Å².